The zero-order chi connectivity index (χ0) is 34.0. The summed E-state index contributed by atoms with van der Waals surface area (Å²) in [5, 5.41) is 11.6. The number of nitrogens with zero attached hydrogens (tertiary/aromatic N) is 5. The van der Waals surface area contributed by atoms with E-state index in [0.29, 0.717) is 30.6 Å². The van der Waals surface area contributed by atoms with E-state index in [2.05, 4.69) is 38.6 Å². The van der Waals surface area contributed by atoms with E-state index in [1.807, 2.05) is 19.3 Å². The molecule has 2 fully saturated rings. The first kappa shape index (κ1) is 33.7. The minimum Gasteiger partial charge on any atom is -0.490 e. The van der Waals surface area contributed by atoms with Crippen molar-refractivity contribution in [3.63, 3.8) is 0 Å². The van der Waals surface area contributed by atoms with Gasteiger partial charge in [-0.25, -0.2) is 9.97 Å². The predicted octanol–water partition coefficient (Wildman–Crippen LogP) is 5.95. The fourth-order valence-corrected chi connectivity index (χ4v) is 6.62. The Hall–Kier alpha value is -4.23. The molecule has 4 N–H and O–H groups in total. The Balaban J connectivity index is 1.15. The van der Waals surface area contributed by atoms with Crippen molar-refractivity contribution in [3.05, 3.63) is 59.3 Å². The van der Waals surface area contributed by atoms with E-state index in [1.54, 1.807) is 17.8 Å². The molecule has 48 heavy (non-hydrogen) atoms. The first-order valence-electron chi connectivity index (χ1n) is 16.7. The first-order chi connectivity index (χ1) is 22.9. The van der Waals surface area contributed by atoms with Gasteiger partial charge in [0.05, 0.1) is 23.2 Å². The highest BCUT2D eigenvalue weighted by atomic mass is 19.4. The molecule has 1 saturated heterocycles. The monoisotopic (exact) mass is 664 g/mol. The number of carbonyl (C=O) groups is 1. The minimum atomic E-state index is -4.62. The van der Waals surface area contributed by atoms with Gasteiger partial charge in [0, 0.05) is 55.4 Å². The Morgan fingerprint density at radius 3 is 2.50 bits per heavy atom. The van der Waals surface area contributed by atoms with Crippen LogP contribution in [0.2, 0.25) is 0 Å². The number of fused-ring (bicyclic) bond motifs is 1. The number of anilines is 2. The SMILES string of the molecule is CCc1cc(-c2cc(NC(=O)Cc3ccc(OC4CCN(C)CC4)c(C(F)(F)F)c3)nn2C)cc2cnc(N[C@H]3CC[C@H](N)CC3)nc12. The number of hydrogen-bond donors (Lipinski definition) is 3. The van der Waals surface area contributed by atoms with Gasteiger partial charge in [-0.1, -0.05) is 13.0 Å². The van der Waals surface area contributed by atoms with E-state index in [-0.39, 0.29) is 29.9 Å². The van der Waals surface area contributed by atoms with Gasteiger partial charge in [0.25, 0.3) is 0 Å². The van der Waals surface area contributed by atoms with Crippen LogP contribution in [0.1, 0.15) is 62.1 Å². The highest BCUT2D eigenvalue weighted by Gasteiger charge is 2.36. The lowest BCUT2D eigenvalue weighted by atomic mass is 9.92. The van der Waals surface area contributed by atoms with Crippen molar-refractivity contribution in [2.24, 2.45) is 12.8 Å². The number of nitrogens with one attached hydrogen (secondary N) is 2. The number of benzene rings is 2. The Morgan fingerprint density at radius 1 is 1.04 bits per heavy atom. The van der Waals surface area contributed by atoms with Crippen molar-refractivity contribution in [3.8, 4) is 17.0 Å². The summed E-state index contributed by atoms with van der Waals surface area (Å²) in [4.78, 5) is 24.5. The Kier molecular flexibility index (Phi) is 9.88. The Bertz CT molecular complexity index is 1760. The molecular weight excluding hydrogens is 621 g/mol. The summed E-state index contributed by atoms with van der Waals surface area (Å²) in [6.45, 7) is 3.61. The fourth-order valence-electron chi connectivity index (χ4n) is 6.62. The van der Waals surface area contributed by atoms with Gasteiger partial charge in [-0.15, -0.1) is 0 Å². The Morgan fingerprint density at radius 2 is 1.79 bits per heavy atom. The maximum atomic E-state index is 14.0. The van der Waals surface area contributed by atoms with Crippen LogP contribution in [-0.4, -0.2) is 68.9 Å². The molecule has 1 saturated carbocycles. The van der Waals surface area contributed by atoms with Crippen molar-refractivity contribution >= 4 is 28.6 Å². The molecule has 6 rings (SSSR count). The van der Waals surface area contributed by atoms with E-state index in [9.17, 15) is 18.0 Å². The molecule has 0 bridgehead atoms. The molecule has 256 valence electrons. The number of nitrogens with two attached hydrogens (primary N) is 1. The number of hydrogen-bond acceptors (Lipinski definition) is 8. The topological polar surface area (TPSA) is 123 Å². The van der Waals surface area contributed by atoms with E-state index in [0.717, 1.165) is 79.0 Å². The molecule has 1 amide bonds. The molecule has 10 nitrogen and oxygen atoms in total. The van der Waals surface area contributed by atoms with Crippen LogP contribution in [-0.2, 0) is 30.9 Å². The van der Waals surface area contributed by atoms with Crippen LogP contribution in [0, 0.1) is 0 Å². The van der Waals surface area contributed by atoms with Gasteiger partial charge in [-0.3, -0.25) is 9.48 Å². The van der Waals surface area contributed by atoms with Gasteiger partial charge in [-0.2, -0.15) is 18.3 Å². The lowest BCUT2D eigenvalue weighted by molar-refractivity contribution is -0.139. The third-order valence-electron chi connectivity index (χ3n) is 9.36. The van der Waals surface area contributed by atoms with Gasteiger partial charge in [-0.05, 0) is 87.4 Å². The van der Waals surface area contributed by atoms with Gasteiger partial charge in [0.1, 0.15) is 11.9 Å². The van der Waals surface area contributed by atoms with Crippen molar-refractivity contribution in [2.75, 3.05) is 30.8 Å². The van der Waals surface area contributed by atoms with Crippen LogP contribution in [0.5, 0.6) is 5.75 Å². The summed E-state index contributed by atoms with van der Waals surface area (Å²) >= 11 is 0. The molecule has 1 aliphatic carbocycles. The number of aryl methyl sites for hydroxylation is 2. The molecule has 4 aromatic rings. The molecule has 13 heteroatoms. The van der Waals surface area contributed by atoms with E-state index < -0.39 is 17.6 Å². The second-order valence-electron chi connectivity index (χ2n) is 13.1. The molecule has 3 heterocycles. The molecule has 1 aliphatic heterocycles. The van der Waals surface area contributed by atoms with Crippen molar-refractivity contribution in [1.82, 2.24) is 24.6 Å². The first-order valence-corrected chi connectivity index (χ1v) is 16.7. The summed E-state index contributed by atoms with van der Waals surface area (Å²) < 4.78 is 49.4. The van der Waals surface area contributed by atoms with Gasteiger partial charge >= 0.3 is 6.18 Å². The summed E-state index contributed by atoms with van der Waals surface area (Å²) in [5.74, 6) is 0.234. The second-order valence-corrected chi connectivity index (χ2v) is 13.1. The average molecular weight is 665 g/mol. The number of halogens is 3. The number of alkyl halides is 3. The third kappa shape index (κ3) is 7.90. The van der Waals surface area contributed by atoms with Crippen LogP contribution in [0.3, 0.4) is 0 Å². The van der Waals surface area contributed by atoms with Crippen LogP contribution >= 0.6 is 0 Å². The predicted molar refractivity (Wildman–Crippen MR) is 180 cm³/mol. The minimum absolute atomic E-state index is 0.204. The van der Waals surface area contributed by atoms with E-state index >= 15 is 0 Å². The van der Waals surface area contributed by atoms with Crippen molar-refractivity contribution in [1.29, 1.82) is 0 Å². The highest BCUT2D eigenvalue weighted by molar-refractivity contribution is 5.92. The number of aromatic nitrogens is 4. The van der Waals surface area contributed by atoms with Crippen molar-refractivity contribution < 1.29 is 22.7 Å². The molecule has 0 spiro atoms. The normalized spacial score (nSPS) is 19.4. The quantitative estimate of drug-likeness (QED) is 0.201. The molecule has 2 aromatic carbocycles. The number of ether oxygens (including phenoxy) is 1. The smallest absolute Gasteiger partial charge is 0.419 e. The zero-order valence-electron chi connectivity index (χ0n) is 27.6. The second kappa shape index (κ2) is 14.1. The maximum absolute atomic E-state index is 14.0. The van der Waals surface area contributed by atoms with Gasteiger partial charge < -0.3 is 26.0 Å². The summed E-state index contributed by atoms with van der Waals surface area (Å²) in [6.07, 6.45) is 2.71. The number of piperidine rings is 1. The average Bonchev–Trinajstić information content (AvgIpc) is 3.42. The zero-order valence-corrected chi connectivity index (χ0v) is 27.6. The summed E-state index contributed by atoms with van der Waals surface area (Å²) in [6, 6.07) is 10.2. The number of carbonyl (C=O) groups excluding carboxylic acids is 1. The van der Waals surface area contributed by atoms with Gasteiger partial charge in [0.15, 0.2) is 5.82 Å². The van der Waals surface area contributed by atoms with Crippen LogP contribution in [0.15, 0.2) is 42.6 Å². The van der Waals surface area contributed by atoms with E-state index in [4.69, 9.17) is 15.5 Å². The summed E-state index contributed by atoms with van der Waals surface area (Å²) in [7, 11) is 3.76. The van der Waals surface area contributed by atoms with Crippen LogP contribution in [0.4, 0.5) is 24.9 Å². The van der Waals surface area contributed by atoms with Crippen LogP contribution < -0.4 is 21.1 Å². The molecule has 0 radical (unpaired) electrons. The number of likely N-dealkylation sites (tertiary alicyclic amines) is 1. The molecule has 2 aliphatic rings. The maximum Gasteiger partial charge on any atom is 0.419 e. The third-order valence-corrected chi connectivity index (χ3v) is 9.36. The largest absolute Gasteiger partial charge is 0.490 e. The summed E-state index contributed by atoms with van der Waals surface area (Å²) in [5.41, 5.74) is 8.99. The molecular formula is C35H43F3N8O2. The number of rotatable bonds is 9. The molecule has 0 atom stereocenters. The van der Waals surface area contributed by atoms with Gasteiger partial charge in [0.2, 0.25) is 11.9 Å². The molecule has 0 unspecified atom stereocenters. The lowest BCUT2D eigenvalue weighted by Crippen LogP contribution is -2.36. The highest BCUT2D eigenvalue weighted by Crippen LogP contribution is 2.38. The van der Waals surface area contributed by atoms with Crippen molar-refractivity contribution in [2.45, 2.75) is 82.7 Å². The molecule has 2 aromatic heterocycles. The standard InChI is InChI=1S/C35H43F3N8O2/c1-4-22-17-23(18-24-20-40-34(43-33(22)24)41-26-8-6-25(39)7-9-26)29-19-31(44-46(29)3)42-32(47)16-21-5-10-30(28(15-21)35(36,37)38)48-27-11-13-45(2)14-12-27/h5,10,15,17-20,25-27H,4,6-9,11-14,16,39H2,1-3H3,(H,40,41,43)(H,42,44,47)/t25-,26-. The fraction of sp³-hybridized carbons (Fsp3) is 0.486. The van der Waals surface area contributed by atoms with E-state index in [1.165, 1.54) is 12.1 Å². The lowest BCUT2D eigenvalue weighted by Gasteiger charge is -2.30. The van der Waals surface area contributed by atoms with Crippen LogP contribution in [0.25, 0.3) is 22.2 Å². The number of amides is 1. The Labute approximate surface area is 278 Å².